The van der Waals surface area contributed by atoms with Gasteiger partial charge in [0.2, 0.25) is 0 Å². The number of amides is 2. The molecule has 0 spiro atoms. The highest BCUT2D eigenvalue weighted by Crippen LogP contribution is 2.33. The van der Waals surface area contributed by atoms with E-state index in [2.05, 4.69) is 35.4 Å². The summed E-state index contributed by atoms with van der Waals surface area (Å²) in [6.45, 7) is 7.51. The third-order valence-electron chi connectivity index (χ3n) is 6.86. The quantitative estimate of drug-likeness (QED) is 0.226. The summed E-state index contributed by atoms with van der Waals surface area (Å²) in [5, 5.41) is 10.6. The Morgan fingerprint density at radius 1 is 1.05 bits per heavy atom. The summed E-state index contributed by atoms with van der Waals surface area (Å²) in [7, 11) is -1.28. The van der Waals surface area contributed by atoms with Crippen molar-refractivity contribution in [3.8, 4) is 0 Å². The van der Waals surface area contributed by atoms with E-state index in [-0.39, 0.29) is 29.9 Å². The maximum Gasteiger partial charge on any atom is 0.417 e. The zero-order chi connectivity index (χ0) is 28.2. The lowest BCUT2D eigenvalue weighted by atomic mass is 9.95. The van der Waals surface area contributed by atoms with E-state index in [4.69, 9.17) is 4.74 Å². The van der Waals surface area contributed by atoms with Crippen molar-refractivity contribution in [2.75, 3.05) is 11.9 Å². The molecule has 1 aliphatic carbocycles. The number of rotatable bonds is 9. The molecule has 210 valence electrons. The lowest BCUT2D eigenvalue weighted by Crippen LogP contribution is -2.36. The summed E-state index contributed by atoms with van der Waals surface area (Å²) >= 11 is 0. The Morgan fingerprint density at radius 3 is 2.46 bits per heavy atom. The van der Waals surface area contributed by atoms with Gasteiger partial charge in [0, 0.05) is 31.8 Å². The molecule has 0 aliphatic heterocycles. The van der Waals surface area contributed by atoms with Gasteiger partial charge in [0.15, 0.2) is 0 Å². The first kappa shape index (κ1) is 28.8. The van der Waals surface area contributed by atoms with Gasteiger partial charge < -0.3 is 15.4 Å². The second-order valence-corrected chi connectivity index (χ2v) is 16.9. The van der Waals surface area contributed by atoms with Crippen LogP contribution in [-0.4, -0.2) is 42.3 Å². The number of aromatic nitrogens is 2. The Hall–Kier alpha value is -3.18. The number of ether oxygens (including phenoxy) is 1. The number of anilines is 1. The number of carbonyl (C=O) groups excluding carboxylic acids is 2. The molecule has 0 unspecified atom stereocenters. The van der Waals surface area contributed by atoms with Crippen LogP contribution >= 0.6 is 0 Å². The van der Waals surface area contributed by atoms with Crippen molar-refractivity contribution in [2.45, 2.75) is 76.7 Å². The highest BCUT2D eigenvalue weighted by Gasteiger charge is 2.35. The van der Waals surface area contributed by atoms with E-state index in [1.54, 1.807) is 16.9 Å². The molecule has 1 aliphatic rings. The summed E-state index contributed by atoms with van der Waals surface area (Å²) < 4.78 is 48.0. The summed E-state index contributed by atoms with van der Waals surface area (Å²) in [5.41, 5.74) is -0.488. The van der Waals surface area contributed by atoms with Crippen LogP contribution in [0.2, 0.25) is 25.7 Å². The number of carbonyl (C=O) groups is 2. The number of hydrogen-bond acceptors (Lipinski definition) is 4. The first-order chi connectivity index (χ1) is 18.4. The molecule has 2 amide bonds. The van der Waals surface area contributed by atoms with Crippen LogP contribution in [0, 0.1) is 0 Å². The molecule has 2 aromatic carbocycles. The average molecular weight is 561 g/mol. The third kappa shape index (κ3) is 7.48. The Balaban J connectivity index is 1.64. The first-order valence-corrected chi connectivity index (χ1v) is 17.0. The van der Waals surface area contributed by atoms with Crippen molar-refractivity contribution in [2.24, 2.45) is 0 Å². The predicted molar refractivity (Wildman–Crippen MR) is 148 cm³/mol. The fourth-order valence-corrected chi connectivity index (χ4v) is 5.50. The van der Waals surface area contributed by atoms with Crippen LogP contribution < -0.4 is 10.6 Å². The lowest BCUT2D eigenvalue weighted by Gasteiger charge is -2.23. The molecule has 4 rings (SSSR count). The molecule has 3 aromatic rings. The molecular formula is C28H35F3N4O3Si. The molecule has 7 nitrogen and oxygen atoms in total. The molecule has 1 saturated carbocycles. The van der Waals surface area contributed by atoms with Gasteiger partial charge in [-0.3, -0.25) is 9.59 Å². The van der Waals surface area contributed by atoms with Gasteiger partial charge in [-0.1, -0.05) is 51.0 Å². The maximum atomic E-state index is 13.5. The van der Waals surface area contributed by atoms with E-state index < -0.39 is 31.3 Å². The first-order valence-electron chi connectivity index (χ1n) is 13.3. The molecule has 0 saturated heterocycles. The number of halogens is 3. The van der Waals surface area contributed by atoms with Gasteiger partial charge >= 0.3 is 6.18 Å². The molecule has 11 heteroatoms. The van der Waals surface area contributed by atoms with E-state index >= 15 is 0 Å². The van der Waals surface area contributed by atoms with Crippen molar-refractivity contribution in [1.29, 1.82) is 0 Å². The summed E-state index contributed by atoms with van der Waals surface area (Å²) in [6, 6.07) is 8.74. The Morgan fingerprint density at radius 2 is 1.77 bits per heavy atom. The standard InChI is InChI=1S/C28H35F3N4O3Si/c1-39(2,3)14-13-38-18-35-25-19(17-32-35)15-21(16-23(25)27(37)33-20-9-5-4-6-10-20)34-26(36)22-11-7-8-12-24(22)28(29,30)31/h7-8,11-12,15-17,20H,4-6,9-10,13-14,18H2,1-3H3,(H,33,37)(H,34,36). The van der Waals surface area contributed by atoms with E-state index in [0.29, 0.717) is 17.5 Å². The lowest BCUT2D eigenvalue weighted by molar-refractivity contribution is -0.137. The largest absolute Gasteiger partial charge is 0.417 e. The van der Waals surface area contributed by atoms with Crippen LogP contribution in [0.4, 0.5) is 18.9 Å². The van der Waals surface area contributed by atoms with Gasteiger partial charge in [0.1, 0.15) is 6.73 Å². The molecule has 1 heterocycles. The summed E-state index contributed by atoms with van der Waals surface area (Å²) in [4.78, 5) is 26.4. The van der Waals surface area contributed by atoms with Crippen molar-refractivity contribution in [3.05, 3.63) is 59.3 Å². The van der Waals surface area contributed by atoms with Gasteiger partial charge in [-0.15, -0.1) is 0 Å². The molecule has 0 radical (unpaired) electrons. The van der Waals surface area contributed by atoms with Crippen LogP contribution in [0.5, 0.6) is 0 Å². The summed E-state index contributed by atoms with van der Waals surface area (Å²) in [6.07, 6.45) is 1.87. The third-order valence-corrected chi connectivity index (χ3v) is 8.57. The van der Waals surface area contributed by atoms with Gasteiger partial charge in [0.25, 0.3) is 11.8 Å². The van der Waals surface area contributed by atoms with Crippen LogP contribution in [0.15, 0.2) is 42.6 Å². The zero-order valence-corrected chi connectivity index (χ0v) is 23.5. The van der Waals surface area contributed by atoms with Crippen LogP contribution in [-0.2, 0) is 17.6 Å². The Labute approximate surface area is 227 Å². The number of hydrogen-bond donors (Lipinski definition) is 2. The fourth-order valence-electron chi connectivity index (χ4n) is 4.74. The fraction of sp³-hybridized carbons (Fsp3) is 0.464. The van der Waals surface area contributed by atoms with Gasteiger partial charge in [-0.05, 0) is 43.2 Å². The zero-order valence-electron chi connectivity index (χ0n) is 22.5. The molecule has 39 heavy (non-hydrogen) atoms. The molecule has 0 bridgehead atoms. The molecule has 0 atom stereocenters. The Bertz CT molecular complexity index is 1330. The van der Waals surface area contributed by atoms with Crippen LogP contribution in [0.3, 0.4) is 0 Å². The maximum absolute atomic E-state index is 13.5. The topological polar surface area (TPSA) is 85.2 Å². The van der Waals surface area contributed by atoms with E-state index in [1.807, 2.05) is 0 Å². The number of fused-ring (bicyclic) bond motifs is 1. The van der Waals surface area contributed by atoms with Crippen LogP contribution in [0.1, 0.15) is 58.4 Å². The van der Waals surface area contributed by atoms with E-state index in [1.165, 1.54) is 18.2 Å². The number of benzene rings is 2. The summed E-state index contributed by atoms with van der Waals surface area (Å²) in [5.74, 6) is -1.23. The van der Waals surface area contributed by atoms with Gasteiger partial charge in [0.05, 0.1) is 28.4 Å². The minimum atomic E-state index is -4.68. The molecule has 1 fully saturated rings. The van der Waals surface area contributed by atoms with E-state index in [9.17, 15) is 22.8 Å². The minimum Gasteiger partial charge on any atom is -0.360 e. The SMILES string of the molecule is C[Si](C)(C)CCOCn1ncc2cc(NC(=O)c3ccccc3C(F)(F)F)cc(C(=O)NC3CCCCC3)c21. The smallest absolute Gasteiger partial charge is 0.360 e. The Kier molecular flexibility index (Phi) is 8.80. The number of alkyl halides is 3. The second-order valence-electron chi connectivity index (χ2n) is 11.3. The monoisotopic (exact) mass is 560 g/mol. The van der Waals surface area contributed by atoms with Crippen molar-refractivity contribution in [3.63, 3.8) is 0 Å². The van der Waals surface area contributed by atoms with Crippen molar-refractivity contribution >= 4 is 36.5 Å². The van der Waals surface area contributed by atoms with Gasteiger partial charge in [-0.2, -0.15) is 18.3 Å². The minimum absolute atomic E-state index is 0.0441. The molecule has 2 N–H and O–H groups in total. The molecular weight excluding hydrogens is 525 g/mol. The van der Waals surface area contributed by atoms with Crippen LogP contribution in [0.25, 0.3) is 10.9 Å². The second kappa shape index (κ2) is 11.9. The van der Waals surface area contributed by atoms with E-state index in [0.717, 1.165) is 50.3 Å². The average Bonchev–Trinajstić information content (AvgIpc) is 3.28. The highest BCUT2D eigenvalue weighted by atomic mass is 28.3. The van der Waals surface area contributed by atoms with Crippen molar-refractivity contribution < 1.29 is 27.5 Å². The molecule has 1 aromatic heterocycles. The van der Waals surface area contributed by atoms with Crippen molar-refractivity contribution in [1.82, 2.24) is 15.1 Å². The van der Waals surface area contributed by atoms with Gasteiger partial charge in [-0.25, -0.2) is 4.68 Å². The predicted octanol–water partition coefficient (Wildman–Crippen LogP) is 6.68. The highest BCUT2D eigenvalue weighted by molar-refractivity contribution is 6.76. The normalized spacial score (nSPS) is 14.9. The number of nitrogens with one attached hydrogen (secondary N) is 2. The number of nitrogens with zero attached hydrogens (tertiary/aromatic N) is 2.